The molecular formula is C28H34N6O3. The molecule has 1 fully saturated rings. The van der Waals surface area contributed by atoms with Gasteiger partial charge < -0.3 is 14.5 Å². The molecule has 1 aliphatic rings. The summed E-state index contributed by atoms with van der Waals surface area (Å²) in [5, 5.41) is 13.9. The van der Waals surface area contributed by atoms with Crippen molar-refractivity contribution in [1.82, 2.24) is 30.1 Å². The molecule has 1 aliphatic carbocycles. The topological polar surface area (TPSA) is 98.2 Å². The Kier molecular flexibility index (Phi) is 7.50. The van der Waals surface area contributed by atoms with Gasteiger partial charge in [-0.25, -0.2) is 4.68 Å². The summed E-state index contributed by atoms with van der Waals surface area (Å²) < 4.78 is 12.7. The Morgan fingerprint density at radius 2 is 1.76 bits per heavy atom. The van der Waals surface area contributed by atoms with Crippen LogP contribution in [0.3, 0.4) is 0 Å². The molecule has 5 rings (SSSR count). The second kappa shape index (κ2) is 11.1. The summed E-state index contributed by atoms with van der Waals surface area (Å²) in [4.78, 5) is 18.5. The molecule has 9 heteroatoms. The summed E-state index contributed by atoms with van der Waals surface area (Å²) in [6.07, 6.45) is 5.41. The van der Waals surface area contributed by atoms with Crippen molar-refractivity contribution in [3.05, 3.63) is 75.8 Å². The van der Waals surface area contributed by atoms with Crippen LogP contribution in [0.1, 0.15) is 68.1 Å². The molecule has 2 heterocycles. The van der Waals surface area contributed by atoms with Crippen molar-refractivity contribution in [3.8, 4) is 11.5 Å². The highest BCUT2D eigenvalue weighted by atomic mass is 16.5. The second-order valence-electron chi connectivity index (χ2n) is 9.67. The van der Waals surface area contributed by atoms with Crippen molar-refractivity contribution in [2.45, 2.75) is 64.2 Å². The predicted molar refractivity (Wildman–Crippen MR) is 142 cm³/mol. The van der Waals surface area contributed by atoms with Gasteiger partial charge in [-0.15, -0.1) is 5.10 Å². The van der Waals surface area contributed by atoms with Gasteiger partial charge in [0.2, 0.25) is 0 Å². The number of nitrogens with zero attached hydrogens (tertiary/aromatic N) is 5. The van der Waals surface area contributed by atoms with Gasteiger partial charge in [0, 0.05) is 24.7 Å². The minimum atomic E-state index is -0.106. The van der Waals surface area contributed by atoms with Gasteiger partial charge in [-0.05, 0) is 71.0 Å². The van der Waals surface area contributed by atoms with E-state index in [1.165, 1.54) is 12.8 Å². The average molecular weight is 503 g/mol. The zero-order valence-electron chi connectivity index (χ0n) is 21.7. The molecule has 0 saturated heterocycles. The van der Waals surface area contributed by atoms with Crippen LogP contribution in [0.5, 0.6) is 11.5 Å². The molecule has 0 spiro atoms. The minimum absolute atomic E-state index is 0.0522. The zero-order valence-corrected chi connectivity index (χ0v) is 21.7. The first kappa shape index (κ1) is 25.0. The summed E-state index contributed by atoms with van der Waals surface area (Å²) in [5.41, 5.74) is 2.48. The van der Waals surface area contributed by atoms with Crippen molar-refractivity contribution in [1.29, 1.82) is 0 Å². The van der Waals surface area contributed by atoms with Crippen molar-refractivity contribution in [2.24, 2.45) is 0 Å². The number of methoxy groups -OCH3 is 2. The highest BCUT2D eigenvalue weighted by Gasteiger charge is 2.29. The minimum Gasteiger partial charge on any atom is -0.497 e. The van der Waals surface area contributed by atoms with Crippen LogP contribution in [0, 0.1) is 0 Å². The lowest BCUT2D eigenvalue weighted by Gasteiger charge is -2.31. The lowest BCUT2D eigenvalue weighted by Crippen LogP contribution is -2.32. The third-order valence-electron chi connectivity index (χ3n) is 7.36. The number of tetrazole rings is 1. The molecule has 9 nitrogen and oxygen atoms in total. The van der Waals surface area contributed by atoms with E-state index in [1.807, 2.05) is 41.1 Å². The molecule has 37 heavy (non-hydrogen) atoms. The van der Waals surface area contributed by atoms with Crippen molar-refractivity contribution < 1.29 is 9.47 Å². The Morgan fingerprint density at radius 1 is 1.03 bits per heavy atom. The number of pyridine rings is 1. The second-order valence-corrected chi connectivity index (χ2v) is 9.67. The lowest BCUT2D eigenvalue weighted by molar-refractivity contribution is 0.158. The Balaban J connectivity index is 1.51. The van der Waals surface area contributed by atoms with Crippen LogP contribution in [0.25, 0.3) is 10.9 Å². The van der Waals surface area contributed by atoms with Gasteiger partial charge in [0.05, 0.1) is 31.8 Å². The highest BCUT2D eigenvalue weighted by molar-refractivity contribution is 5.80. The molecule has 194 valence electrons. The molecule has 1 atom stereocenters. The largest absolute Gasteiger partial charge is 0.497 e. The summed E-state index contributed by atoms with van der Waals surface area (Å²) >= 11 is 0. The maximum absolute atomic E-state index is 13.2. The normalized spacial score (nSPS) is 14.9. The van der Waals surface area contributed by atoms with Gasteiger partial charge in [0.25, 0.3) is 5.56 Å². The van der Waals surface area contributed by atoms with Gasteiger partial charge >= 0.3 is 0 Å². The van der Waals surface area contributed by atoms with E-state index in [2.05, 4.69) is 44.5 Å². The SMILES string of the molecule is CC[C@@H](c1nnnn1C1CCCC1)N(Cc1ccc(OC)cc1)Cc1cc2ccc(OC)cc2[nH]c1=O. The number of aromatic nitrogens is 5. The van der Waals surface area contributed by atoms with Gasteiger partial charge in [-0.3, -0.25) is 9.69 Å². The fourth-order valence-corrected chi connectivity index (χ4v) is 5.36. The van der Waals surface area contributed by atoms with E-state index in [9.17, 15) is 4.79 Å². The molecule has 0 bridgehead atoms. The number of fused-ring (bicyclic) bond motifs is 1. The number of H-pyrrole nitrogens is 1. The van der Waals surface area contributed by atoms with Crippen molar-refractivity contribution in [3.63, 3.8) is 0 Å². The third kappa shape index (κ3) is 5.36. The molecular weight excluding hydrogens is 468 g/mol. The number of hydrogen-bond donors (Lipinski definition) is 1. The smallest absolute Gasteiger partial charge is 0.252 e. The van der Waals surface area contributed by atoms with E-state index in [0.717, 1.165) is 47.3 Å². The molecule has 0 radical (unpaired) electrons. The van der Waals surface area contributed by atoms with Crippen molar-refractivity contribution in [2.75, 3.05) is 14.2 Å². The highest BCUT2D eigenvalue weighted by Crippen LogP contribution is 2.33. The fourth-order valence-electron chi connectivity index (χ4n) is 5.36. The number of ether oxygens (including phenoxy) is 2. The quantitative estimate of drug-likeness (QED) is 0.333. The number of hydrogen-bond acceptors (Lipinski definition) is 7. The Bertz CT molecular complexity index is 1390. The van der Waals surface area contributed by atoms with Crippen LogP contribution in [0.4, 0.5) is 0 Å². The first-order valence-corrected chi connectivity index (χ1v) is 12.9. The molecule has 0 amide bonds. The number of aromatic amines is 1. The Morgan fingerprint density at radius 3 is 2.46 bits per heavy atom. The van der Waals surface area contributed by atoms with Crippen LogP contribution in [0.15, 0.2) is 53.3 Å². The number of rotatable bonds is 10. The first-order chi connectivity index (χ1) is 18.1. The monoisotopic (exact) mass is 502 g/mol. The first-order valence-electron chi connectivity index (χ1n) is 12.9. The molecule has 4 aromatic rings. The van der Waals surface area contributed by atoms with Crippen LogP contribution >= 0.6 is 0 Å². The Hall–Kier alpha value is -3.72. The maximum atomic E-state index is 13.2. The Labute approximate surface area is 216 Å². The van der Waals surface area contributed by atoms with Gasteiger partial charge in [0.15, 0.2) is 5.82 Å². The predicted octanol–water partition coefficient (Wildman–Crippen LogP) is 4.80. The van der Waals surface area contributed by atoms with Crippen LogP contribution in [-0.2, 0) is 13.1 Å². The summed E-state index contributed by atoms with van der Waals surface area (Å²) in [6, 6.07) is 16.0. The summed E-state index contributed by atoms with van der Waals surface area (Å²) in [7, 11) is 3.29. The summed E-state index contributed by atoms with van der Waals surface area (Å²) in [5.74, 6) is 2.39. The maximum Gasteiger partial charge on any atom is 0.252 e. The molecule has 1 N–H and O–H groups in total. The van der Waals surface area contributed by atoms with Gasteiger partial charge in [-0.1, -0.05) is 31.9 Å². The van der Waals surface area contributed by atoms with Crippen LogP contribution in [-0.4, -0.2) is 44.3 Å². The van der Waals surface area contributed by atoms with E-state index < -0.39 is 0 Å². The lowest BCUT2D eigenvalue weighted by atomic mass is 10.1. The molecule has 1 saturated carbocycles. The summed E-state index contributed by atoms with van der Waals surface area (Å²) in [6.45, 7) is 3.25. The van der Waals surface area contributed by atoms with Crippen molar-refractivity contribution >= 4 is 10.9 Å². The molecule has 0 aliphatic heterocycles. The van der Waals surface area contributed by atoms with E-state index in [4.69, 9.17) is 9.47 Å². The van der Waals surface area contributed by atoms with Gasteiger partial charge in [-0.2, -0.15) is 0 Å². The fraction of sp³-hybridized carbons (Fsp3) is 0.429. The molecule has 0 unspecified atom stereocenters. The molecule has 2 aromatic carbocycles. The zero-order chi connectivity index (χ0) is 25.8. The number of benzene rings is 2. The van der Waals surface area contributed by atoms with Crippen LogP contribution < -0.4 is 15.0 Å². The number of nitrogens with one attached hydrogen (secondary N) is 1. The van der Waals surface area contributed by atoms with Gasteiger partial charge in [0.1, 0.15) is 11.5 Å². The average Bonchev–Trinajstić information content (AvgIpc) is 3.62. The van der Waals surface area contributed by atoms with E-state index >= 15 is 0 Å². The van der Waals surface area contributed by atoms with E-state index in [-0.39, 0.29) is 11.6 Å². The standard InChI is InChI=1S/C28H34N6O3/c1-4-26(27-30-31-32-34(27)22-7-5-6-8-22)33(17-19-9-12-23(36-2)13-10-19)18-21-15-20-11-14-24(37-3)16-25(20)29-28(21)35/h9-16,22,26H,4-8,17-18H2,1-3H3,(H,29,35)/t26-/m0/s1. The van der Waals surface area contributed by atoms with Crippen LogP contribution in [0.2, 0.25) is 0 Å². The molecule has 2 aromatic heterocycles. The third-order valence-corrected chi connectivity index (χ3v) is 7.36. The van der Waals surface area contributed by atoms with E-state index in [0.29, 0.717) is 30.4 Å². The van der Waals surface area contributed by atoms with E-state index in [1.54, 1.807) is 14.2 Å².